The molecule has 1 amide bonds. The molecule has 4 heteroatoms. The number of rotatable bonds is 3. The Morgan fingerprint density at radius 2 is 2.58 bits per heavy atom. The highest BCUT2D eigenvalue weighted by Gasteiger charge is 2.25. The van der Waals surface area contributed by atoms with Gasteiger partial charge in [-0.2, -0.15) is 0 Å². The predicted octanol–water partition coefficient (Wildman–Crippen LogP) is 0.677. The highest BCUT2D eigenvalue weighted by molar-refractivity contribution is 5.91. The van der Waals surface area contributed by atoms with E-state index in [-0.39, 0.29) is 5.91 Å². The molecule has 0 aliphatic carbocycles. The van der Waals surface area contributed by atoms with Crippen LogP contribution in [-0.4, -0.2) is 24.3 Å². The molecule has 0 unspecified atom stereocenters. The fraction of sp³-hybridized carbons (Fsp3) is 0.750. The van der Waals surface area contributed by atoms with Crippen LogP contribution in [0.5, 0.6) is 0 Å². The van der Waals surface area contributed by atoms with Crippen molar-refractivity contribution in [3.05, 3.63) is 0 Å². The van der Waals surface area contributed by atoms with Crippen molar-refractivity contribution in [3.8, 4) is 0 Å². The molecule has 1 aliphatic rings. The summed E-state index contributed by atoms with van der Waals surface area (Å²) >= 11 is 0. The van der Waals surface area contributed by atoms with Gasteiger partial charge >= 0.3 is 0 Å². The van der Waals surface area contributed by atoms with Crippen LogP contribution in [0.1, 0.15) is 26.7 Å². The largest absolute Gasteiger partial charge is 0.382 e. The summed E-state index contributed by atoms with van der Waals surface area (Å²) in [4.78, 5) is 16.1. The fourth-order valence-corrected chi connectivity index (χ4v) is 0.999. The molecule has 0 saturated heterocycles. The van der Waals surface area contributed by atoms with Crippen LogP contribution in [-0.2, 0) is 9.63 Å². The minimum atomic E-state index is -0.392. The van der Waals surface area contributed by atoms with Crippen molar-refractivity contribution in [3.63, 3.8) is 0 Å². The van der Waals surface area contributed by atoms with Gasteiger partial charge in [0.15, 0.2) is 0 Å². The van der Waals surface area contributed by atoms with Crippen LogP contribution in [0.3, 0.4) is 0 Å². The van der Waals surface area contributed by atoms with E-state index >= 15 is 0 Å². The summed E-state index contributed by atoms with van der Waals surface area (Å²) in [7, 11) is 0. The Hall–Kier alpha value is -1.06. The zero-order valence-electron chi connectivity index (χ0n) is 7.46. The van der Waals surface area contributed by atoms with E-state index in [1.807, 2.05) is 13.8 Å². The van der Waals surface area contributed by atoms with Crippen LogP contribution in [0, 0.1) is 0 Å². The summed E-state index contributed by atoms with van der Waals surface area (Å²) in [5.41, 5.74) is 0.881. The second kappa shape index (κ2) is 4.09. The Labute approximate surface area is 72.0 Å². The first-order valence-corrected chi connectivity index (χ1v) is 4.21. The molecular formula is C8H14N2O2. The van der Waals surface area contributed by atoms with E-state index in [1.54, 1.807) is 0 Å². The van der Waals surface area contributed by atoms with Gasteiger partial charge in [0.2, 0.25) is 6.10 Å². The number of amides is 1. The lowest BCUT2D eigenvalue weighted by Gasteiger charge is -2.07. The van der Waals surface area contributed by atoms with Gasteiger partial charge in [-0.15, -0.1) is 0 Å². The smallest absolute Gasteiger partial charge is 0.264 e. The van der Waals surface area contributed by atoms with Crippen LogP contribution in [0.15, 0.2) is 5.16 Å². The maximum atomic E-state index is 11.2. The quantitative estimate of drug-likeness (QED) is 0.677. The Morgan fingerprint density at radius 1 is 1.83 bits per heavy atom. The molecule has 12 heavy (non-hydrogen) atoms. The lowest BCUT2D eigenvalue weighted by atomic mass is 10.2. The van der Waals surface area contributed by atoms with Gasteiger partial charge in [0.1, 0.15) is 0 Å². The number of nitrogens with zero attached hydrogens (tertiary/aromatic N) is 1. The Morgan fingerprint density at radius 3 is 3.08 bits per heavy atom. The molecule has 1 N–H and O–H groups in total. The lowest BCUT2D eigenvalue weighted by molar-refractivity contribution is -0.131. The molecule has 0 radical (unpaired) electrons. The van der Waals surface area contributed by atoms with Crippen molar-refractivity contribution in [2.75, 3.05) is 6.54 Å². The molecule has 0 aromatic rings. The van der Waals surface area contributed by atoms with Crippen molar-refractivity contribution >= 4 is 11.6 Å². The lowest BCUT2D eigenvalue weighted by Crippen LogP contribution is -2.34. The van der Waals surface area contributed by atoms with Gasteiger partial charge in [0.05, 0.1) is 5.71 Å². The second-order valence-electron chi connectivity index (χ2n) is 2.92. The maximum Gasteiger partial charge on any atom is 0.264 e. The van der Waals surface area contributed by atoms with E-state index in [0.717, 1.165) is 12.1 Å². The molecule has 0 fully saturated rings. The summed E-state index contributed by atoms with van der Waals surface area (Å²) in [6, 6.07) is 0. The SMILES string of the molecule is CCCNC(=O)[C@H]1CC(C)=NO1. The van der Waals surface area contributed by atoms with Gasteiger partial charge < -0.3 is 10.2 Å². The van der Waals surface area contributed by atoms with Crippen LogP contribution in [0.25, 0.3) is 0 Å². The molecule has 0 aromatic heterocycles. The Kier molecular flexibility index (Phi) is 3.08. The molecule has 1 atom stereocenters. The van der Waals surface area contributed by atoms with E-state index in [4.69, 9.17) is 4.84 Å². The normalized spacial score (nSPS) is 21.5. The molecule has 4 nitrogen and oxygen atoms in total. The van der Waals surface area contributed by atoms with Crippen LogP contribution in [0.2, 0.25) is 0 Å². The zero-order chi connectivity index (χ0) is 8.97. The van der Waals surface area contributed by atoms with Gasteiger partial charge in [-0.3, -0.25) is 4.79 Å². The number of oxime groups is 1. The van der Waals surface area contributed by atoms with Crippen LogP contribution in [0.4, 0.5) is 0 Å². The van der Waals surface area contributed by atoms with Gasteiger partial charge in [0.25, 0.3) is 5.91 Å². The Bertz CT molecular complexity index is 201. The monoisotopic (exact) mass is 170 g/mol. The van der Waals surface area contributed by atoms with Crippen molar-refractivity contribution in [2.24, 2.45) is 5.16 Å². The molecule has 0 aromatic carbocycles. The molecule has 1 heterocycles. The van der Waals surface area contributed by atoms with E-state index in [9.17, 15) is 4.79 Å². The summed E-state index contributed by atoms with van der Waals surface area (Å²) < 4.78 is 0. The van der Waals surface area contributed by atoms with Crippen molar-refractivity contribution < 1.29 is 9.63 Å². The van der Waals surface area contributed by atoms with Crippen LogP contribution < -0.4 is 5.32 Å². The van der Waals surface area contributed by atoms with Crippen molar-refractivity contribution in [1.29, 1.82) is 0 Å². The third-order valence-electron chi connectivity index (χ3n) is 1.66. The molecule has 0 bridgehead atoms. The van der Waals surface area contributed by atoms with Gasteiger partial charge in [-0.1, -0.05) is 12.1 Å². The van der Waals surface area contributed by atoms with E-state index in [2.05, 4.69) is 10.5 Å². The number of hydrogen-bond donors (Lipinski definition) is 1. The summed E-state index contributed by atoms with van der Waals surface area (Å²) in [5, 5.41) is 6.46. The number of carbonyl (C=O) groups is 1. The average molecular weight is 170 g/mol. The highest BCUT2D eigenvalue weighted by Crippen LogP contribution is 2.09. The van der Waals surface area contributed by atoms with Gasteiger partial charge in [0, 0.05) is 13.0 Å². The summed E-state index contributed by atoms with van der Waals surface area (Å²) in [6.07, 6.45) is 1.17. The molecule has 0 saturated carbocycles. The minimum Gasteiger partial charge on any atom is -0.382 e. The molecule has 0 spiro atoms. The maximum absolute atomic E-state index is 11.2. The number of carbonyl (C=O) groups excluding carboxylic acids is 1. The first-order valence-electron chi connectivity index (χ1n) is 4.21. The molecular weight excluding hydrogens is 156 g/mol. The second-order valence-corrected chi connectivity index (χ2v) is 2.92. The highest BCUT2D eigenvalue weighted by atomic mass is 16.6. The standard InChI is InChI=1S/C8H14N2O2/c1-3-4-9-8(11)7-5-6(2)10-12-7/h7H,3-5H2,1-2H3,(H,9,11)/t7-/m1/s1. The van der Waals surface area contributed by atoms with E-state index in [1.165, 1.54) is 0 Å². The van der Waals surface area contributed by atoms with Crippen molar-refractivity contribution in [1.82, 2.24) is 5.32 Å². The molecule has 68 valence electrons. The Balaban J connectivity index is 2.26. The van der Waals surface area contributed by atoms with E-state index < -0.39 is 6.10 Å². The summed E-state index contributed by atoms with van der Waals surface area (Å²) in [6.45, 7) is 4.57. The fourth-order valence-electron chi connectivity index (χ4n) is 0.999. The van der Waals surface area contributed by atoms with Crippen molar-refractivity contribution in [2.45, 2.75) is 32.8 Å². The topological polar surface area (TPSA) is 50.7 Å². The average Bonchev–Trinajstić information content (AvgIpc) is 2.47. The number of nitrogens with one attached hydrogen (secondary N) is 1. The van der Waals surface area contributed by atoms with Gasteiger partial charge in [-0.25, -0.2) is 0 Å². The van der Waals surface area contributed by atoms with Crippen LogP contribution >= 0.6 is 0 Å². The third kappa shape index (κ3) is 2.22. The zero-order valence-corrected chi connectivity index (χ0v) is 7.46. The minimum absolute atomic E-state index is 0.0579. The first-order chi connectivity index (χ1) is 5.74. The molecule has 1 aliphatic heterocycles. The first kappa shape index (κ1) is 9.03. The summed E-state index contributed by atoms with van der Waals surface area (Å²) in [5.74, 6) is -0.0579. The number of hydrogen-bond acceptors (Lipinski definition) is 3. The van der Waals surface area contributed by atoms with Gasteiger partial charge in [-0.05, 0) is 13.3 Å². The third-order valence-corrected chi connectivity index (χ3v) is 1.66. The van der Waals surface area contributed by atoms with E-state index in [0.29, 0.717) is 13.0 Å². The molecule has 1 rings (SSSR count). The predicted molar refractivity (Wildman–Crippen MR) is 45.9 cm³/mol.